The minimum atomic E-state index is 0.844. The molecule has 0 bridgehead atoms. The summed E-state index contributed by atoms with van der Waals surface area (Å²) in [5.74, 6) is 3.72. The summed E-state index contributed by atoms with van der Waals surface area (Å²) in [6, 6.07) is 0. The molecule has 2 aliphatic rings. The van der Waals surface area contributed by atoms with Gasteiger partial charge in [0.2, 0.25) is 0 Å². The van der Waals surface area contributed by atoms with Crippen LogP contribution in [0.2, 0.25) is 0 Å². The molecule has 0 amide bonds. The molecule has 1 aromatic heterocycles. The van der Waals surface area contributed by atoms with Crippen LogP contribution in [0, 0.1) is 23.7 Å². The van der Waals surface area contributed by atoms with Crippen LogP contribution in [0.4, 0.5) is 0 Å². The lowest BCUT2D eigenvalue weighted by Crippen LogP contribution is -2.02. The number of nitrogens with zero attached hydrogens (tertiary/aromatic N) is 3. The number of hydrogen-bond donors (Lipinski definition) is 1. The zero-order valence-electron chi connectivity index (χ0n) is 9.93. The van der Waals surface area contributed by atoms with Crippen molar-refractivity contribution in [2.24, 2.45) is 23.7 Å². The van der Waals surface area contributed by atoms with Crippen molar-refractivity contribution >= 4 is 12.8 Å². The maximum atomic E-state index is 4.32. The second-order valence-electron chi connectivity index (χ2n) is 5.60. The summed E-state index contributed by atoms with van der Waals surface area (Å²) in [6.45, 7) is 4.72. The van der Waals surface area contributed by atoms with E-state index in [1.54, 1.807) is 4.09 Å². The van der Waals surface area contributed by atoms with Gasteiger partial charge in [0.25, 0.3) is 0 Å². The minimum Gasteiger partial charge on any atom is -0.193 e. The van der Waals surface area contributed by atoms with Gasteiger partial charge in [0.15, 0.2) is 0 Å². The Morgan fingerprint density at radius 1 is 1.25 bits per heavy atom. The second-order valence-corrected chi connectivity index (χ2v) is 5.98. The number of thiol groups is 1. The minimum absolute atomic E-state index is 0.844. The maximum absolute atomic E-state index is 4.32. The largest absolute Gasteiger partial charge is 0.193 e. The standard InChI is InChI=1S/C12H19N3S/c1-7(2)12-8-3-5-10-11(6-4-9(8)12)15(16)14-13-10/h7-9,12,16H,3-6H2,1-2H3/t8-,9+,12-/m0/s1. The van der Waals surface area contributed by atoms with Crippen LogP contribution in [0.5, 0.6) is 0 Å². The van der Waals surface area contributed by atoms with E-state index in [9.17, 15) is 0 Å². The Kier molecular flexibility index (Phi) is 2.50. The number of aromatic nitrogens is 3. The van der Waals surface area contributed by atoms with Crippen molar-refractivity contribution in [3.05, 3.63) is 11.4 Å². The molecule has 3 atom stereocenters. The zero-order valence-corrected chi connectivity index (χ0v) is 10.8. The Labute approximate surface area is 102 Å². The van der Waals surface area contributed by atoms with Crippen LogP contribution in [0.1, 0.15) is 38.1 Å². The van der Waals surface area contributed by atoms with Crippen molar-refractivity contribution in [1.29, 1.82) is 0 Å². The normalized spacial score (nSPS) is 32.9. The average molecular weight is 237 g/mol. The summed E-state index contributed by atoms with van der Waals surface area (Å²) in [6.07, 6.45) is 4.80. The number of hydrogen-bond acceptors (Lipinski definition) is 3. The average Bonchev–Trinajstić information content (AvgIpc) is 2.79. The number of rotatable bonds is 1. The summed E-state index contributed by atoms with van der Waals surface area (Å²) >= 11 is 4.32. The molecule has 88 valence electrons. The fourth-order valence-electron chi connectivity index (χ4n) is 3.65. The van der Waals surface area contributed by atoms with Gasteiger partial charge in [0.1, 0.15) is 0 Å². The molecule has 1 heterocycles. The molecule has 4 heteroatoms. The van der Waals surface area contributed by atoms with Crippen LogP contribution in [0.15, 0.2) is 0 Å². The molecule has 1 saturated carbocycles. The lowest BCUT2D eigenvalue weighted by molar-refractivity contribution is 0.490. The van der Waals surface area contributed by atoms with E-state index in [0.29, 0.717) is 0 Å². The van der Waals surface area contributed by atoms with Gasteiger partial charge in [-0.15, -0.1) is 5.10 Å². The van der Waals surface area contributed by atoms with Crippen LogP contribution in [-0.2, 0) is 12.8 Å². The van der Waals surface area contributed by atoms with Crippen molar-refractivity contribution < 1.29 is 0 Å². The van der Waals surface area contributed by atoms with Crippen molar-refractivity contribution in [3.8, 4) is 0 Å². The Hall–Kier alpha value is -0.510. The Bertz CT molecular complexity index is 399. The van der Waals surface area contributed by atoms with E-state index in [1.807, 2.05) is 0 Å². The molecule has 0 spiro atoms. The molecular weight excluding hydrogens is 218 g/mol. The second kappa shape index (κ2) is 3.76. The fraction of sp³-hybridized carbons (Fsp3) is 0.833. The first-order chi connectivity index (χ1) is 7.68. The number of fused-ring (bicyclic) bond motifs is 2. The highest BCUT2D eigenvalue weighted by Gasteiger charge is 2.50. The molecule has 3 rings (SSSR count). The van der Waals surface area contributed by atoms with Gasteiger partial charge >= 0.3 is 0 Å². The summed E-state index contributed by atoms with van der Waals surface area (Å²) in [5.41, 5.74) is 2.43. The molecule has 0 aliphatic heterocycles. The van der Waals surface area contributed by atoms with E-state index < -0.39 is 0 Å². The SMILES string of the molecule is CC(C)[C@@H]1[C@@H]2CCc3c(nnn3S)CC[C@@H]21. The summed E-state index contributed by atoms with van der Waals surface area (Å²) < 4.78 is 1.67. The molecule has 0 saturated heterocycles. The molecule has 0 aromatic carbocycles. The van der Waals surface area contributed by atoms with Gasteiger partial charge in [-0.05, 0) is 62.2 Å². The summed E-state index contributed by atoms with van der Waals surface area (Å²) in [5, 5.41) is 8.22. The Morgan fingerprint density at radius 3 is 2.62 bits per heavy atom. The summed E-state index contributed by atoms with van der Waals surface area (Å²) in [4.78, 5) is 0. The highest BCUT2D eigenvalue weighted by atomic mass is 32.1. The molecule has 1 fully saturated rings. The van der Waals surface area contributed by atoms with Gasteiger partial charge in [0, 0.05) is 0 Å². The van der Waals surface area contributed by atoms with Crippen LogP contribution in [0.25, 0.3) is 0 Å². The highest BCUT2D eigenvalue weighted by Crippen LogP contribution is 2.56. The van der Waals surface area contributed by atoms with Crippen molar-refractivity contribution in [1.82, 2.24) is 14.4 Å². The van der Waals surface area contributed by atoms with E-state index in [1.165, 1.54) is 24.2 Å². The van der Waals surface area contributed by atoms with Gasteiger partial charge in [-0.2, -0.15) is 4.09 Å². The molecule has 16 heavy (non-hydrogen) atoms. The molecule has 3 nitrogen and oxygen atoms in total. The lowest BCUT2D eigenvalue weighted by Gasteiger charge is -2.07. The third-order valence-corrected chi connectivity index (χ3v) is 4.74. The third kappa shape index (κ3) is 1.58. The molecular formula is C12H19N3S. The van der Waals surface area contributed by atoms with E-state index >= 15 is 0 Å². The predicted molar refractivity (Wildman–Crippen MR) is 66.4 cm³/mol. The van der Waals surface area contributed by atoms with Gasteiger partial charge in [-0.1, -0.05) is 19.1 Å². The van der Waals surface area contributed by atoms with Gasteiger partial charge in [-0.3, -0.25) is 0 Å². The molecule has 0 N–H and O–H groups in total. The van der Waals surface area contributed by atoms with Crippen molar-refractivity contribution in [2.75, 3.05) is 0 Å². The first-order valence-corrected chi connectivity index (χ1v) is 6.71. The van der Waals surface area contributed by atoms with Gasteiger partial charge in [0.05, 0.1) is 11.4 Å². The van der Waals surface area contributed by atoms with Gasteiger partial charge < -0.3 is 0 Å². The molecule has 0 unspecified atom stereocenters. The van der Waals surface area contributed by atoms with E-state index in [0.717, 1.165) is 36.5 Å². The smallest absolute Gasteiger partial charge is 0.0870 e. The van der Waals surface area contributed by atoms with Crippen molar-refractivity contribution in [3.63, 3.8) is 0 Å². The maximum Gasteiger partial charge on any atom is 0.0870 e. The lowest BCUT2D eigenvalue weighted by atomic mass is 10.0. The first-order valence-electron chi connectivity index (χ1n) is 6.31. The predicted octanol–water partition coefficient (Wildman–Crippen LogP) is 2.37. The fourth-order valence-corrected chi connectivity index (χ4v) is 3.90. The monoisotopic (exact) mass is 237 g/mol. The highest BCUT2D eigenvalue weighted by molar-refractivity contribution is 7.78. The van der Waals surface area contributed by atoms with E-state index in [-0.39, 0.29) is 0 Å². The van der Waals surface area contributed by atoms with E-state index in [2.05, 4.69) is 37.0 Å². The third-order valence-electron chi connectivity index (χ3n) is 4.42. The van der Waals surface area contributed by atoms with Crippen molar-refractivity contribution in [2.45, 2.75) is 39.5 Å². The van der Waals surface area contributed by atoms with Crippen LogP contribution < -0.4 is 0 Å². The van der Waals surface area contributed by atoms with Gasteiger partial charge in [-0.25, -0.2) is 0 Å². The molecule has 2 aliphatic carbocycles. The molecule has 1 aromatic rings. The molecule has 0 radical (unpaired) electrons. The summed E-state index contributed by atoms with van der Waals surface area (Å²) in [7, 11) is 0. The van der Waals surface area contributed by atoms with E-state index in [4.69, 9.17) is 0 Å². The Morgan fingerprint density at radius 2 is 1.94 bits per heavy atom. The first kappa shape index (κ1) is 10.6. The zero-order chi connectivity index (χ0) is 11.3. The van der Waals surface area contributed by atoms with Crippen LogP contribution in [0.3, 0.4) is 0 Å². The Balaban J connectivity index is 1.78. The number of aryl methyl sites for hydroxylation is 1. The van der Waals surface area contributed by atoms with Crippen LogP contribution in [-0.4, -0.2) is 14.4 Å². The quantitative estimate of drug-likeness (QED) is 0.760. The van der Waals surface area contributed by atoms with Crippen LogP contribution >= 0.6 is 12.8 Å². The topological polar surface area (TPSA) is 30.7 Å².